The summed E-state index contributed by atoms with van der Waals surface area (Å²) in [4.78, 5) is 23.9. The molecule has 0 aliphatic carbocycles. The minimum Gasteiger partial charge on any atom is -0.491 e. The van der Waals surface area contributed by atoms with Crippen molar-refractivity contribution >= 4 is 29.1 Å². The lowest BCUT2D eigenvalue weighted by molar-refractivity contribution is -0.123. The zero-order valence-electron chi connectivity index (χ0n) is 20.8. The number of carbonyl (C=O) groups is 2. The highest BCUT2D eigenvalue weighted by molar-refractivity contribution is 6.32. The third-order valence-corrected chi connectivity index (χ3v) is 5.90. The number of amides is 2. The average Bonchev–Trinajstić information content (AvgIpc) is 2.85. The quantitative estimate of drug-likeness (QED) is 0.344. The first-order valence-electron chi connectivity index (χ1n) is 11.8. The summed E-state index contributed by atoms with van der Waals surface area (Å²) in [6, 6.07) is 12.9. The Morgan fingerprint density at radius 3 is 2.69 bits per heavy atom. The molecule has 1 unspecified atom stereocenters. The lowest BCUT2D eigenvalue weighted by atomic mass is 10.0. The van der Waals surface area contributed by atoms with Crippen LogP contribution in [-0.4, -0.2) is 60.6 Å². The first-order valence-corrected chi connectivity index (χ1v) is 12.2. The number of carbonyl (C=O) groups excluding carboxylic acids is 2. The summed E-state index contributed by atoms with van der Waals surface area (Å²) in [6.07, 6.45) is 0.0605. The molecule has 0 bridgehead atoms. The molecule has 1 aliphatic heterocycles. The van der Waals surface area contributed by atoms with Crippen LogP contribution in [-0.2, 0) is 9.59 Å². The lowest BCUT2D eigenvalue weighted by Crippen LogP contribution is -2.52. The maximum atomic E-state index is 12.5. The number of halogens is 1. The number of rotatable bonds is 12. The fourth-order valence-electron chi connectivity index (χ4n) is 3.48. The highest BCUT2D eigenvalue weighted by Gasteiger charge is 2.22. The molecule has 36 heavy (non-hydrogen) atoms. The van der Waals surface area contributed by atoms with Crippen molar-refractivity contribution in [1.82, 2.24) is 16.1 Å². The summed E-state index contributed by atoms with van der Waals surface area (Å²) in [7, 11) is 0. The van der Waals surface area contributed by atoms with Gasteiger partial charge in [0.2, 0.25) is 5.91 Å². The third-order valence-electron chi connectivity index (χ3n) is 5.60. The van der Waals surface area contributed by atoms with E-state index in [0.717, 1.165) is 11.3 Å². The molecule has 0 aromatic heterocycles. The average molecular weight is 517 g/mol. The summed E-state index contributed by atoms with van der Waals surface area (Å²) >= 11 is 6.31. The van der Waals surface area contributed by atoms with Gasteiger partial charge in [0.25, 0.3) is 5.91 Å². The van der Waals surface area contributed by atoms with Gasteiger partial charge in [0.05, 0.1) is 10.7 Å². The van der Waals surface area contributed by atoms with Gasteiger partial charge < -0.3 is 25.2 Å². The van der Waals surface area contributed by atoms with Gasteiger partial charge in [-0.25, -0.2) is 5.43 Å². The molecule has 2 amide bonds. The van der Waals surface area contributed by atoms with Crippen LogP contribution in [0.2, 0.25) is 5.02 Å². The van der Waals surface area contributed by atoms with Gasteiger partial charge in [0.1, 0.15) is 24.2 Å². The van der Waals surface area contributed by atoms with Crippen LogP contribution in [0.25, 0.3) is 0 Å². The number of ether oxygens (including phenoxy) is 2. The maximum absolute atomic E-state index is 12.5. The number of hydrogen-bond acceptors (Lipinski definition) is 7. The SMILES string of the molecule is Cc1ccccc1OCC(O)CNC(C)(C)CNC(=O)COc1c(Cl)cccc1C1=NNC(=O)CC1. The number of aliphatic hydroxyl groups is 1. The van der Waals surface area contributed by atoms with Crippen molar-refractivity contribution in [3.05, 3.63) is 58.6 Å². The molecule has 2 aromatic rings. The molecule has 0 fully saturated rings. The Hall–Kier alpha value is -3.14. The van der Waals surface area contributed by atoms with E-state index in [4.69, 9.17) is 21.1 Å². The highest BCUT2D eigenvalue weighted by atomic mass is 35.5. The van der Waals surface area contributed by atoms with Crippen molar-refractivity contribution in [3.63, 3.8) is 0 Å². The zero-order valence-corrected chi connectivity index (χ0v) is 21.5. The monoisotopic (exact) mass is 516 g/mol. The highest BCUT2D eigenvalue weighted by Crippen LogP contribution is 2.30. The Bertz CT molecular complexity index is 1110. The van der Waals surface area contributed by atoms with Gasteiger partial charge >= 0.3 is 0 Å². The molecule has 4 N–H and O–H groups in total. The van der Waals surface area contributed by atoms with Crippen molar-refractivity contribution < 1.29 is 24.2 Å². The Balaban J connectivity index is 1.44. The van der Waals surface area contributed by atoms with E-state index < -0.39 is 11.6 Å². The van der Waals surface area contributed by atoms with E-state index in [2.05, 4.69) is 21.2 Å². The van der Waals surface area contributed by atoms with Crippen LogP contribution < -0.4 is 25.5 Å². The number of aryl methyl sites for hydroxylation is 1. The molecule has 0 spiro atoms. The summed E-state index contributed by atoms with van der Waals surface area (Å²) in [5.41, 5.74) is 4.26. The second kappa shape index (κ2) is 12.7. The molecule has 9 nitrogen and oxygen atoms in total. The van der Waals surface area contributed by atoms with Gasteiger partial charge in [0, 0.05) is 37.0 Å². The molecule has 1 aliphatic rings. The van der Waals surface area contributed by atoms with Crippen LogP contribution in [0, 0.1) is 6.92 Å². The third kappa shape index (κ3) is 8.22. The van der Waals surface area contributed by atoms with Crippen LogP contribution in [0.3, 0.4) is 0 Å². The Kier molecular flexibility index (Phi) is 9.69. The largest absolute Gasteiger partial charge is 0.491 e. The number of nitrogens with zero attached hydrogens (tertiary/aromatic N) is 1. The predicted octanol–water partition coefficient (Wildman–Crippen LogP) is 2.57. The molecule has 2 aromatic carbocycles. The number of benzene rings is 2. The van der Waals surface area contributed by atoms with E-state index in [9.17, 15) is 14.7 Å². The molecule has 3 rings (SSSR count). The number of β-amino-alcohol motifs (C(OH)–C–C–N with tert-alkyl or cyclic N) is 1. The number of aliphatic hydroxyl groups excluding tert-OH is 1. The Morgan fingerprint density at radius 1 is 1.19 bits per heavy atom. The normalized spacial score (nSPS) is 14.5. The number of hydrogen-bond donors (Lipinski definition) is 4. The molecule has 194 valence electrons. The van der Waals surface area contributed by atoms with Crippen LogP contribution >= 0.6 is 11.6 Å². The van der Waals surface area contributed by atoms with Crippen LogP contribution in [0.4, 0.5) is 0 Å². The topological polar surface area (TPSA) is 121 Å². The first kappa shape index (κ1) is 27.4. The van der Waals surface area contributed by atoms with E-state index in [1.165, 1.54) is 0 Å². The second-order valence-corrected chi connectivity index (χ2v) is 9.68. The van der Waals surface area contributed by atoms with Crippen molar-refractivity contribution in [3.8, 4) is 11.5 Å². The first-order chi connectivity index (χ1) is 17.1. The van der Waals surface area contributed by atoms with Crippen molar-refractivity contribution in [2.75, 3.05) is 26.3 Å². The molecule has 0 saturated carbocycles. The van der Waals surface area contributed by atoms with Crippen LogP contribution in [0.5, 0.6) is 11.5 Å². The second-order valence-electron chi connectivity index (χ2n) is 9.27. The maximum Gasteiger partial charge on any atom is 0.258 e. The van der Waals surface area contributed by atoms with Crippen molar-refractivity contribution in [2.45, 2.75) is 45.3 Å². The fraction of sp³-hybridized carbons (Fsp3) is 0.423. The van der Waals surface area contributed by atoms with Crippen molar-refractivity contribution in [2.24, 2.45) is 5.10 Å². The van der Waals surface area contributed by atoms with Gasteiger partial charge in [-0.15, -0.1) is 0 Å². The van der Waals surface area contributed by atoms with Gasteiger partial charge in [-0.3, -0.25) is 9.59 Å². The zero-order chi connectivity index (χ0) is 26.1. The van der Waals surface area contributed by atoms with Crippen molar-refractivity contribution in [1.29, 1.82) is 0 Å². The number of hydrazone groups is 1. The van der Waals surface area contributed by atoms with E-state index >= 15 is 0 Å². The fourth-order valence-corrected chi connectivity index (χ4v) is 3.71. The molecule has 1 heterocycles. The lowest BCUT2D eigenvalue weighted by Gasteiger charge is -2.28. The summed E-state index contributed by atoms with van der Waals surface area (Å²) in [6.45, 7) is 6.32. The number of para-hydroxylation sites is 2. The van der Waals surface area contributed by atoms with Gasteiger partial charge in [-0.1, -0.05) is 35.9 Å². The Labute approximate surface area is 216 Å². The van der Waals surface area contributed by atoms with E-state index in [1.54, 1.807) is 18.2 Å². The van der Waals surface area contributed by atoms with Gasteiger partial charge in [0.15, 0.2) is 6.61 Å². The Morgan fingerprint density at radius 2 is 1.97 bits per heavy atom. The standard InChI is InChI=1S/C26H33ClN4O5/c1-17-7-4-5-10-22(17)35-14-18(32)13-29-26(2,3)16-28-24(34)15-36-25-19(8-6-9-20(25)27)21-11-12-23(33)31-30-21/h4-10,18,29,32H,11-16H2,1-3H3,(H,28,34)(H,31,33). The van der Waals surface area contributed by atoms with E-state index in [-0.39, 0.29) is 25.0 Å². The molecular weight excluding hydrogens is 484 g/mol. The molecule has 0 saturated heterocycles. The molecule has 0 radical (unpaired) electrons. The predicted molar refractivity (Wildman–Crippen MR) is 139 cm³/mol. The van der Waals surface area contributed by atoms with Crippen LogP contribution in [0.15, 0.2) is 47.6 Å². The van der Waals surface area contributed by atoms with Crippen LogP contribution in [0.1, 0.15) is 37.8 Å². The molecular formula is C26H33ClN4O5. The molecule has 1 atom stereocenters. The summed E-state index contributed by atoms with van der Waals surface area (Å²) in [5, 5.41) is 20.8. The molecule has 10 heteroatoms. The van der Waals surface area contributed by atoms with Gasteiger partial charge in [-0.2, -0.15) is 5.10 Å². The van der Waals surface area contributed by atoms with E-state index in [0.29, 0.717) is 48.0 Å². The van der Waals surface area contributed by atoms with Gasteiger partial charge in [-0.05, 0) is 44.5 Å². The minimum absolute atomic E-state index is 0.148. The smallest absolute Gasteiger partial charge is 0.258 e. The van der Waals surface area contributed by atoms with E-state index in [1.807, 2.05) is 45.0 Å². The minimum atomic E-state index is -0.714. The summed E-state index contributed by atoms with van der Waals surface area (Å²) in [5.74, 6) is 0.617. The summed E-state index contributed by atoms with van der Waals surface area (Å²) < 4.78 is 11.4. The number of nitrogens with one attached hydrogen (secondary N) is 3.